The van der Waals surface area contributed by atoms with Crippen molar-refractivity contribution in [3.05, 3.63) is 82.2 Å². The largest absolute Gasteiger partial charge is 0.285 e. The molecular weight excluding hydrogens is 362 g/mol. The van der Waals surface area contributed by atoms with Crippen LogP contribution in [0.5, 0.6) is 0 Å². The first-order valence-corrected chi connectivity index (χ1v) is 8.25. The zero-order valence-corrected chi connectivity index (χ0v) is 14.3. The number of hydrogen-bond acceptors (Lipinski definition) is 3. The lowest BCUT2D eigenvalue weighted by atomic mass is 10.1. The number of nitrogens with zero attached hydrogens (tertiary/aromatic N) is 4. The van der Waals surface area contributed by atoms with E-state index in [-0.39, 0.29) is 0 Å². The van der Waals surface area contributed by atoms with E-state index in [1.807, 2.05) is 24.4 Å². The van der Waals surface area contributed by atoms with Crippen molar-refractivity contribution in [2.75, 3.05) is 0 Å². The molecule has 0 aliphatic rings. The van der Waals surface area contributed by atoms with Gasteiger partial charge in [0.15, 0.2) is 5.82 Å². The molecule has 4 rings (SSSR count). The zero-order chi connectivity index (χ0) is 17.4. The molecule has 0 saturated heterocycles. The number of benzene rings is 1. The summed E-state index contributed by atoms with van der Waals surface area (Å²) < 4.78 is 14.8. The lowest BCUT2D eigenvalue weighted by Gasteiger charge is -2.08. The Balaban J connectivity index is 1.81. The van der Waals surface area contributed by atoms with Gasteiger partial charge >= 0.3 is 0 Å². The molecule has 0 aliphatic heterocycles. The summed E-state index contributed by atoms with van der Waals surface area (Å²) in [4.78, 5) is 12.5. The van der Waals surface area contributed by atoms with Crippen LogP contribution in [0, 0.1) is 5.82 Å². The van der Waals surface area contributed by atoms with Crippen LogP contribution < -0.4 is 0 Å². The van der Waals surface area contributed by atoms with Gasteiger partial charge in [0.25, 0.3) is 0 Å². The first kappa shape index (κ1) is 16.0. The van der Waals surface area contributed by atoms with Gasteiger partial charge in [0.05, 0.1) is 23.6 Å². The van der Waals surface area contributed by atoms with E-state index in [0.717, 1.165) is 34.6 Å². The van der Waals surface area contributed by atoms with E-state index in [9.17, 15) is 4.39 Å². The number of rotatable bonds is 3. The summed E-state index contributed by atoms with van der Waals surface area (Å²) in [6.45, 7) is 0. The highest BCUT2D eigenvalue weighted by Crippen LogP contribution is 2.29. The first-order valence-electron chi connectivity index (χ1n) is 7.49. The van der Waals surface area contributed by atoms with Crippen molar-refractivity contribution in [1.29, 1.82) is 0 Å². The predicted octanol–water partition coefficient (Wildman–Crippen LogP) is 4.85. The maximum Gasteiger partial charge on any atom is 0.234 e. The Morgan fingerprint density at radius 1 is 0.960 bits per heavy atom. The maximum atomic E-state index is 13.1. The lowest BCUT2D eigenvalue weighted by Crippen LogP contribution is -2.00. The van der Waals surface area contributed by atoms with E-state index < -0.39 is 5.82 Å². The highest BCUT2D eigenvalue weighted by Gasteiger charge is 2.13. The van der Waals surface area contributed by atoms with Crippen LogP contribution in [-0.4, -0.2) is 19.5 Å². The highest BCUT2D eigenvalue weighted by atomic mass is 35.5. The maximum absolute atomic E-state index is 13.1. The van der Waals surface area contributed by atoms with Gasteiger partial charge in [0.1, 0.15) is 0 Å². The summed E-state index contributed by atoms with van der Waals surface area (Å²) in [7, 11) is 0. The van der Waals surface area contributed by atoms with Crippen LogP contribution in [0.2, 0.25) is 10.0 Å². The molecule has 4 aromatic rings. The van der Waals surface area contributed by atoms with Crippen molar-refractivity contribution in [3.8, 4) is 5.95 Å². The third kappa shape index (κ3) is 2.97. The summed E-state index contributed by atoms with van der Waals surface area (Å²) >= 11 is 12.5. The quantitative estimate of drug-likeness (QED) is 0.516. The molecule has 7 heteroatoms. The molecule has 0 radical (unpaired) electrons. The molecule has 0 atom stereocenters. The Labute approximate surface area is 152 Å². The van der Waals surface area contributed by atoms with Gasteiger partial charge < -0.3 is 0 Å². The van der Waals surface area contributed by atoms with E-state index in [0.29, 0.717) is 22.4 Å². The molecule has 0 N–H and O–H groups in total. The van der Waals surface area contributed by atoms with Crippen LogP contribution >= 0.6 is 23.2 Å². The van der Waals surface area contributed by atoms with Gasteiger partial charge in [-0.2, -0.15) is 0 Å². The molecule has 0 unspecified atom stereocenters. The Morgan fingerprint density at radius 3 is 2.40 bits per heavy atom. The van der Waals surface area contributed by atoms with Crippen LogP contribution in [0.15, 0.2) is 55.1 Å². The van der Waals surface area contributed by atoms with Crippen molar-refractivity contribution < 1.29 is 4.39 Å². The van der Waals surface area contributed by atoms with Gasteiger partial charge in [0, 0.05) is 34.2 Å². The molecule has 0 fully saturated rings. The van der Waals surface area contributed by atoms with Crippen LogP contribution in [-0.2, 0) is 6.42 Å². The van der Waals surface area contributed by atoms with Gasteiger partial charge in [-0.15, -0.1) is 0 Å². The second-order valence-electron chi connectivity index (χ2n) is 5.45. The predicted molar refractivity (Wildman–Crippen MR) is 95.9 cm³/mol. The molecule has 0 spiro atoms. The Bertz CT molecular complexity index is 1040. The van der Waals surface area contributed by atoms with E-state index >= 15 is 0 Å². The van der Waals surface area contributed by atoms with Crippen molar-refractivity contribution in [3.63, 3.8) is 0 Å². The van der Waals surface area contributed by atoms with Crippen LogP contribution in [0.4, 0.5) is 4.39 Å². The zero-order valence-electron chi connectivity index (χ0n) is 12.8. The molecule has 25 heavy (non-hydrogen) atoms. The van der Waals surface area contributed by atoms with E-state index in [1.165, 1.54) is 0 Å². The Hall–Kier alpha value is -2.50. The number of fused-ring (bicyclic) bond motifs is 1. The van der Waals surface area contributed by atoms with E-state index in [2.05, 4.69) is 15.0 Å². The normalized spacial score (nSPS) is 11.2. The molecule has 4 nitrogen and oxygen atoms in total. The fraction of sp³-hybridized carbons (Fsp3) is 0.0556. The van der Waals surface area contributed by atoms with Gasteiger partial charge in [-0.05, 0) is 29.8 Å². The summed E-state index contributed by atoms with van der Waals surface area (Å²) in [5.74, 6) is -0.0831. The SMILES string of the molecule is Fc1cnc(-n2ccc3c(Cc4c(Cl)cccc4Cl)nccc32)nc1. The summed E-state index contributed by atoms with van der Waals surface area (Å²) in [5.41, 5.74) is 2.55. The molecule has 0 amide bonds. The number of aromatic nitrogens is 4. The lowest BCUT2D eigenvalue weighted by molar-refractivity contribution is 0.611. The standard InChI is InChI=1S/C18H11Cl2FN4/c19-14-2-1-3-15(20)13(14)8-16-12-5-7-25(17(12)4-6-22-16)18-23-9-11(21)10-24-18/h1-7,9-10H,8H2. The van der Waals surface area contributed by atoms with Gasteiger partial charge in [-0.3, -0.25) is 9.55 Å². The topological polar surface area (TPSA) is 43.6 Å². The second-order valence-corrected chi connectivity index (χ2v) is 6.27. The molecule has 0 aliphatic carbocycles. The molecule has 0 saturated carbocycles. The van der Waals surface area contributed by atoms with Gasteiger partial charge in [-0.25, -0.2) is 14.4 Å². The summed E-state index contributed by atoms with van der Waals surface area (Å²) in [6, 6.07) is 9.21. The molecular formula is C18H11Cl2FN4. The number of hydrogen-bond donors (Lipinski definition) is 0. The fourth-order valence-electron chi connectivity index (χ4n) is 2.74. The fourth-order valence-corrected chi connectivity index (χ4v) is 3.27. The van der Waals surface area contributed by atoms with Crippen LogP contribution in [0.1, 0.15) is 11.3 Å². The average Bonchev–Trinajstić information content (AvgIpc) is 3.04. The molecule has 3 heterocycles. The number of halogens is 3. The highest BCUT2D eigenvalue weighted by molar-refractivity contribution is 6.36. The average molecular weight is 373 g/mol. The van der Waals surface area contributed by atoms with Gasteiger partial charge in [0.2, 0.25) is 5.95 Å². The summed E-state index contributed by atoms with van der Waals surface area (Å²) in [5, 5.41) is 2.15. The van der Waals surface area contributed by atoms with Crippen LogP contribution in [0.3, 0.4) is 0 Å². The molecule has 1 aromatic carbocycles. The van der Waals surface area contributed by atoms with Gasteiger partial charge in [-0.1, -0.05) is 29.3 Å². The van der Waals surface area contributed by atoms with Crippen molar-refractivity contribution >= 4 is 34.1 Å². The smallest absolute Gasteiger partial charge is 0.234 e. The van der Waals surface area contributed by atoms with Crippen molar-refractivity contribution in [1.82, 2.24) is 19.5 Å². The monoisotopic (exact) mass is 372 g/mol. The molecule has 0 bridgehead atoms. The van der Waals surface area contributed by atoms with Crippen LogP contribution in [0.25, 0.3) is 16.9 Å². The minimum absolute atomic E-state index is 0.393. The van der Waals surface area contributed by atoms with Crippen molar-refractivity contribution in [2.45, 2.75) is 6.42 Å². The number of pyridine rings is 1. The summed E-state index contributed by atoms with van der Waals surface area (Å²) in [6.07, 6.45) is 6.32. The van der Waals surface area contributed by atoms with E-state index in [4.69, 9.17) is 23.2 Å². The minimum atomic E-state index is -0.476. The van der Waals surface area contributed by atoms with E-state index in [1.54, 1.807) is 22.9 Å². The molecule has 124 valence electrons. The second kappa shape index (κ2) is 6.43. The first-order chi connectivity index (χ1) is 12.1. The Morgan fingerprint density at radius 2 is 1.68 bits per heavy atom. The third-order valence-corrected chi connectivity index (χ3v) is 4.64. The van der Waals surface area contributed by atoms with Crippen molar-refractivity contribution in [2.24, 2.45) is 0 Å². The minimum Gasteiger partial charge on any atom is -0.285 e. The molecule has 3 aromatic heterocycles. The Kier molecular flexibility index (Phi) is 4.11. The third-order valence-electron chi connectivity index (χ3n) is 3.93.